The Morgan fingerprint density at radius 1 is 1.11 bits per heavy atom. The van der Waals surface area contributed by atoms with Crippen LogP contribution in [0.2, 0.25) is 0 Å². The Morgan fingerprint density at radius 2 is 1.94 bits per heavy atom. The van der Waals surface area contributed by atoms with E-state index in [-0.39, 0.29) is 0 Å². The first-order chi connectivity index (χ1) is 8.80. The van der Waals surface area contributed by atoms with Gasteiger partial charge >= 0.3 is 0 Å². The van der Waals surface area contributed by atoms with Crippen molar-refractivity contribution in [2.75, 3.05) is 0 Å². The van der Waals surface area contributed by atoms with Gasteiger partial charge in [-0.15, -0.1) is 0 Å². The van der Waals surface area contributed by atoms with Crippen LogP contribution in [0.15, 0.2) is 11.6 Å². The van der Waals surface area contributed by atoms with E-state index in [0.29, 0.717) is 0 Å². The van der Waals surface area contributed by atoms with E-state index in [1.807, 2.05) is 0 Å². The number of rotatable bonds is 7. The molecular formula is C17H29N. The van der Waals surface area contributed by atoms with Crippen LogP contribution in [0.5, 0.6) is 0 Å². The zero-order chi connectivity index (χ0) is 13.2. The molecule has 0 spiro atoms. The van der Waals surface area contributed by atoms with Crippen molar-refractivity contribution in [2.24, 2.45) is 11.8 Å². The van der Waals surface area contributed by atoms with Gasteiger partial charge in [0.25, 0.3) is 0 Å². The lowest BCUT2D eigenvalue weighted by atomic mass is 9.86. The highest BCUT2D eigenvalue weighted by atomic mass is 14.3. The Labute approximate surface area is 113 Å². The summed E-state index contributed by atoms with van der Waals surface area (Å²) < 4.78 is 0. The quantitative estimate of drug-likeness (QED) is 0.535. The minimum atomic E-state index is 0.770. The van der Waals surface area contributed by atoms with Crippen LogP contribution in [-0.4, -0.2) is 0 Å². The number of unbranched alkanes of at least 4 members (excludes halogenated alkanes) is 3. The molecule has 102 valence electrons. The van der Waals surface area contributed by atoms with Crippen molar-refractivity contribution >= 4 is 0 Å². The van der Waals surface area contributed by atoms with Gasteiger partial charge in [0.2, 0.25) is 0 Å². The first kappa shape index (κ1) is 15.3. The molecule has 1 rings (SSSR count). The van der Waals surface area contributed by atoms with E-state index in [4.69, 9.17) is 5.26 Å². The van der Waals surface area contributed by atoms with Crippen molar-refractivity contribution in [1.29, 1.82) is 5.26 Å². The van der Waals surface area contributed by atoms with Crippen LogP contribution in [0.3, 0.4) is 0 Å². The van der Waals surface area contributed by atoms with Crippen molar-refractivity contribution < 1.29 is 0 Å². The second-order valence-electron chi connectivity index (χ2n) is 5.89. The normalized spacial score (nSPS) is 24.2. The van der Waals surface area contributed by atoms with Crippen LogP contribution < -0.4 is 0 Å². The Hall–Kier alpha value is -0.770. The molecule has 2 unspecified atom stereocenters. The zero-order valence-corrected chi connectivity index (χ0v) is 12.3. The Morgan fingerprint density at radius 3 is 2.61 bits per heavy atom. The van der Waals surface area contributed by atoms with Gasteiger partial charge in [0.1, 0.15) is 0 Å². The topological polar surface area (TPSA) is 23.8 Å². The van der Waals surface area contributed by atoms with Gasteiger partial charge in [0, 0.05) is 5.57 Å². The molecule has 0 fully saturated rings. The molecule has 1 aliphatic carbocycles. The van der Waals surface area contributed by atoms with Gasteiger partial charge in [-0.05, 0) is 31.1 Å². The third kappa shape index (κ3) is 5.71. The molecule has 0 aliphatic heterocycles. The third-order valence-corrected chi connectivity index (χ3v) is 4.18. The molecule has 0 aromatic rings. The molecule has 1 nitrogen and oxygen atoms in total. The molecule has 0 saturated heterocycles. The number of hydrogen-bond acceptors (Lipinski definition) is 1. The highest BCUT2D eigenvalue weighted by Gasteiger charge is 2.20. The average molecular weight is 247 g/mol. The van der Waals surface area contributed by atoms with Crippen LogP contribution in [-0.2, 0) is 0 Å². The largest absolute Gasteiger partial charge is 0.193 e. The van der Waals surface area contributed by atoms with Crippen LogP contribution in [0.25, 0.3) is 0 Å². The lowest BCUT2D eigenvalue weighted by molar-refractivity contribution is 0.337. The molecule has 0 radical (unpaired) electrons. The lowest BCUT2D eigenvalue weighted by Crippen LogP contribution is -2.07. The number of hydrogen-bond donors (Lipinski definition) is 0. The van der Waals surface area contributed by atoms with Crippen LogP contribution >= 0.6 is 0 Å². The minimum Gasteiger partial charge on any atom is -0.193 e. The summed E-state index contributed by atoms with van der Waals surface area (Å²) >= 11 is 0. The summed E-state index contributed by atoms with van der Waals surface area (Å²) in [4.78, 5) is 0. The maximum absolute atomic E-state index is 9.14. The summed E-state index contributed by atoms with van der Waals surface area (Å²) in [7, 11) is 0. The number of nitriles is 1. The fraction of sp³-hybridized carbons (Fsp3) is 0.824. The summed E-state index contributed by atoms with van der Waals surface area (Å²) in [6, 6.07) is 2.40. The molecule has 1 heteroatoms. The van der Waals surface area contributed by atoms with Gasteiger partial charge in [-0.25, -0.2) is 0 Å². The molecule has 0 saturated carbocycles. The zero-order valence-electron chi connectivity index (χ0n) is 12.3. The Bertz CT molecular complexity index is 284. The second-order valence-corrected chi connectivity index (χ2v) is 5.89. The molecule has 0 aromatic heterocycles. The highest BCUT2D eigenvalue weighted by molar-refractivity contribution is 5.22. The standard InChI is InChI=1S/C17H29N/c1-3-5-6-7-9-16-12-15(8-4-2)10-11-17(13-16)14-18/h11,15-16H,3-10,12-13H2,1-2H3. The summed E-state index contributed by atoms with van der Waals surface area (Å²) in [5.41, 5.74) is 1.05. The minimum absolute atomic E-state index is 0.770. The second kappa shape index (κ2) is 9.20. The van der Waals surface area contributed by atoms with E-state index < -0.39 is 0 Å². The van der Waals surface area contributed by atoms with Gasteiger partial charge < -0.3 is 0 Å². The Balaban J connectivity index is 2.43. The number of allylic oxidation sites excluding steroid dienone is 2. The van der Waals surface area contributed by atoms with Crippen molar-refractivity contribution in [3.8, 4) is 6.07 Å². The van der Waals surface area contributed by atoms with Crippen molar-refractivity contribution in [1.82, 2.24) is 0 Å². The molecule has 0 N–H and O–H groups in total. The average Bonchev–Trinajstić information content (AvgIpc) is 2.57. The summed E-state index contributed by atoms with van der Waals surface area (Å²) in [5.74, 6) is 1.60. The van der Waals surface area contributed by atoms with E-state index in [1.54, 1.807) is 0 Å². The van der Waals surface area contributed by atoms with E-state index in [0.717, 1.165) is 30.3 Å². The Kier molecular flexibility index (Phi) is 7.81. The lowest BCUT2D eigenvalue weighted by Gasteiger charge is -2.19. The molecule has 0 heterocycles. The molecule has 2 atom stereocenters. The maximum atomic E-state index is 9.14. The predicted octanol–water partition coefficient (Wildman–Crippen LogP) is 5.62. The van der Waals surface area contributed by atoms with Gasteiger partial charge in [0.05, 0.1) is 6.07 Å². The van der Waals surface area contributed by atoms with E-state index in [1.165, 1.54) is 51.4 Å². The van der Waals surface area contributed by atoms with Crippen LogP contribution in [0.4, 0.5) is 0 Å². The summed E-state index contributed by atoms with van der Waals surface area (Å²) in [6.45, 7) is 4.54. The van der Waals surface area contributed by atoms with E-state index in [2.05, 4.69) is 26.0 Å². The van der Waals surface area contributed by atoms with Crippen molar-refractivity contribution in [2.45, 2.75) is 78.1 Å². The van der Waals surface area contributed by atoms with E-state index in [9.17, 15) is 0 Å². The van der Waals surface area contributed by atoms with Crippen LogP contribution in [0, 0.1) is 23.2 Å². The summed E-state index contributed by atoms with van der Waals surface area (Å²) in [5, 5.41) is 9.14. The smallest absolute Gasteiger partial charge is 0.0943 e. The molecule has 0 amide bonds. The summed E-state index contributed by atoms with van der Waals surface area (Å²) in [6.07, 6.45) is 15.1. The van der Waals surface area contributed by atoms with Gasteiger partial charge in [-0.2, -0.15) is 5.26 Å². The van der Waals surface area contributed by atoms with Gasteiger partial charge in [-0.3, -0.25) is 0 Å². The van der Waals surface area contributed by atoms with E-state index >= 15 is 0 Å². The monoisotopic (exact) mass is 247 g/mol. The van der Waals surface area contributed by atoms with Crippen molar-refractivity contribution in [3.63, 3.8) is 0 Å². The van der Waals surface area contributed by atoms with Gasteiger partial charge in [0.15, 0.2) is 0 Å². The molecule has 1 aliphatic rings. The third-order valence-electron chi connectivity index (χ3n) is 4.18. The molecule has 18 heavy (non-hydrogen) atoms. The van der Waals surface area contributed by atoms with Gasteiger partial charge in [-0.1, -0.05) is 64.9 Å². The number of nitrogens with zero attached hydrogens (tertiary/aromatic N) is 1. The van der Waals surface area contributed by atoms with Crippen molar-refractivity contribution in [3.05, 3.63) is 11.6 Å². The molecule has 0 aromatic carbocycles. The maximum Gasteiger partial charge on any atom is 0.0943 e. The first-order valence-corrected chi connectivity index (χ1v) is 7.89. The predicted molar refractivity (Wildman–Crippen MR) is 78.2 cm³/mol. The SMILES string of the molecule is CCCCCCC1CC(C#N)=CCC(CCC)C1. The molecular weight excluding hydrogens is 218 g/mol. The highest BCUT2D eigenvalue weighted by Crippen LogP contribution is 2.33. The van der Waals surface area contributed by atoms with Crippen LogP contribution in [0.1, 0.15) is 78.1 Å². The molecule has 0 bridgehead atoms. The first-order valence-electron chi connectivity index (χ1n) is 7.89. The fourth-order valence-electron chi connectivity index (χ4n) is 3.17. The fourth-order valence-corrected chi connectivity index (χ4v) is 3.17.